The zero-order valence-electron chi connectivity index (χ0n) is 11.2. The maximum Gasteiger partial charge on any atom is 0.0194 e. The van der Waals surface area contributed by atoms with E-state index in [1.807, 2.05) is 0 Å². The molecule has 2 N–H and O–H groups in total. The summed E-state index contributed by atoms with van der Waals surface area (Å²) < 4.78 is 0. The third-order valence-electron chi connectivity index (χ3n) is 2.97. The minimum Gasteiger partial charge on any atom is -0.330 e. The van der Waals surface area contributed by atoms with Gasteiger partial charge in [-0.2, -0.15) is 0 Å². The van der Waals surface area contributed by atoms with E-state index in [1.165, 1.54) is 13.0 Å². The zero-order valence-corrected chi connectivity index (χ0v) is 11.2. The first-order valence-electron chi connectivity index (χ1n) is 6.10. The minimum absolute atomic E-state index is 0.634. The number of hydrogen-bond donors (Lipinski definition) is 1. The van der Waals surface area contributed by atoms with E-state index in [2.05, 4.69) is 44.7 Å². The van der Waals surface area contributed by atoms with Crippen molar-refractivity contribution in [2.45, 2.75) is 33.2 Å². The Balaban J connectivity index is 3.89. The minimum atomic E-state index is 0.634. The molecule has 0 bridgehead atoms. The second-order valence-corrected chi connectivity index (χ2v) is 4.87. The highest BCUT2D eigenvalue weighted by Gasteiger charge is 2.13. The van der Waals surface area contributed by atoms with Crippen LogP contribution in [0.15, 0.2) is 0 Å². The Labute approximate surface area is 95.6 Å². The molecule has 2 unspecified atom stereocenters. The molecule has 15 heavy (non-hydrogen) atoms. The van der Waals surface area contributed by atoms with Crippen molar-refractivity contribution >= 4 is 0 Å². The van der Waals surface area contributed by atoms with Gasteiger partial charge in [0.1, 0.15) is 0 Å². The molecule has 0 aliphatic rings. The van der Waals surface area contributed by atoms with Crippen LogP contribution in [0, 0.1) is 5.92 Å². The molecular formula is C12H29N3. The van der Waals surface area contributed by atoms with E-state index in [0.29, 0.717) is 12.0 Å². The fraction of sp³-hybridized carbons (Fsp3) is 1.00. The van der Waals surface area contributed by atoms with E-state index in [0.717, 1.165) is 19.6 Å². The Hall–Kier alpha value is -0.120. The maximum atomic E-state index is 5.63. The lowest BCUT2D eigenvalue weighted by molar-refractivity contribution is 0.173. The zero-order chi connectivity index (χ0) is 11.8. The van der Waals surface area contributed by atoms with Crippen LogP contribution in [0.3, 0.4) is 0 Å². The van der Waals surface area contributed by atoms with Crippen molar-refractivity contribution in [2.24, 2.45) is 11.7 Å². The fourth-order valence-corrected chi connectivity index (χ4v) is 1.84. The summed E-state index contributed by atoms with van der Waals surface area (Å²) in [6.07, 6.45) is 1.21. The van der Waals surface area contributed by atoms with E-state index >= 15 is 0 Å². The quantitative estimate of drug-likeness (QED) is 0.661. The van der Waals surface area contributed by atoms with Crippen LogP contribution in [-0.2, 0) is 0 Å². The van der Waals surface area contributed by atoms with Gasteiger partial charge in [0, 0.05) is 12.6 Å². The van der Waals surface area contributed by atoms with Crippen LogP contribution in [0.1, 0.15) is 27.2 Å². The molecule has 92 valence electrons. The van der Waals surface area contributed by atoms with E-state index in [9.17, 15) is 0 Å². The van der Waals surface area contributed by atoms with Gasteiger partial charge in [0.15, 0.2) is 0 Å². The molecule has 2 atom stereocenters. The molecule has 0 rings (SSSR count). The molecule has 0 saturated carbocycles. The van der Waals surface area contributed by atoms with E-state index < -0.39 is 0 Å². The highest BCUT2D eigenvalue weighted by molar-refractivity contribution is 4.69. The van der Waals surface area contributed by atoms with Gasteiger partial charge in [-0.1, -0.05) is 13.8 Å². The number of likely N-dealkylation sites (N-methyl/N-ethyl adjacent to an activating group) is 2. The highest BCUT2D eigenvalue weighted by Crippen LogP contribution is 2.06. The topological polar surface area (TPSA) is 32.5 Å². The second kappa shape index (κ2) is 8.08. The average Bonchev–Trinajstić information content (AvgIpc) is 2.17. The molecule has 0 amide bonds. The van der Waals surface area contributed by atoms with Crippen LogP contribution in [0.5, 0.6) is 0 Å². The standard InChI is InChI=1S/C12H29N3/c1-6-15(8-7-11(2)9-13)12(3)10-14(4)5/h11-12H,6-10,13H2,1-5H3. The monoisotopic (exact) mass is 215 g/mol. The number of nitrogens with zero attached hydrogens (tertiary/aromatic N) is 2. The molecule has 0 aromatic carbocycles. The summed E-state index contributed by atoms with van der Waals surface area (Å²) in [6.45, 7) is 11.0. The van der Waals surface area contributed by atoms with Gasteiger partial charge in [-0.25, -0.2) is 0 Å². The summed E-state index contributed by atoms with van der Waals surface area (Å²) in [4.78, 5) is 4.78. The molecular weight excluding hydrogens is 186 g/mol. The summed E-state index contributed by atoms with van der Waals surface area (Å²) in [6, 6.07) is 0.634. The highest BCUT2D eigenvalue weighted by atomic mass is 15.2. The summed E-state index contributed by atoms with van der Waals surface area (Å²) in [7, 11) is 4.26. The lowest BCUT2D eigenvalue weighted by Crippen LogP contribution is -2.41. The van der Waals surface area contributed by atoms with Gasteiger partial charge in [-0.15, -0.1) is 0 Å². The molecule has 3 heteroatoms. The predicted molar refractivity (Wildman–Crippen MR) is 68.1 cm³/mol. The SMILES string of the molecule is CCN(CCC(C)CN)C(C)CN(C)C. The van der Waals surface area contributed by atoms with Crippen LogP contribution in [0.2, 0.25) is 0 Å². The van der Waals surface area contributed by atoms with Crippen LogP contribution < -0.4 is 5.73 Å². The summed E-state index contributed by atoms with van der Waals surface area (Å²) in [5.41, 5.74) is 5.63. The molecule has 0 radical (unpaired) electrons. The first-order valence-corrected chi connectivity index (χ1v) is 6.10. The van der Waals surface area contributed by atoms with Crippen molar-refractivity contribution in [3.8, 4) is 0 Å². The largest absolute Gasteiger partial charge is 0.330 e. The molecule has 0 aromatic rings. The number of nitrogens with two attached hydrogens (primary N) is 1. The van der Waals surface area contributed by atoms with Crippen LogP contribution >= 0.6 is 0 Å². The lowest BCUT2D eigenvalue weighted by atomic mass is 10.1. The molecule has 0 aliphatic carbocycles. The number of rotatable bonds is 8. The van der Waals surface area contributed by atoms with Gasteiger partial charge in [0.25, 0.3) is 0 Å². The third kappa shape index (κ3) is 6.88. The first kappa shape index (κ1) is 14.9. The van der Waals surface area contributed by atoms with Gasteiger partial charge < -0.3 is 10.6 Å². The summed E-state index contributed by atoms with van der Waals surface area (Å²) in [5.74, 6) is 0.644. The van der Waals surface area contributed by atoms with Crippen LogP contribution in [0.25, 0.3) is 0 Å². The third-order valence-corrected chi connectivity index (χ3v) is 2.97. The molecule has 0 heterocycles. The first-order chi connectivity index (χ1) is 7.01. The van der Waals surface area contributed by atoms with Crippen molar-refractivity contribution in [1.29, 1.82) is 0 Å². The second-order valence-electron chi connectivity index (χ2n) is 4.87. The van der Waals surface area contributed by atoms with E-state index in [4.69, 9.17) is 5.73 Å². The number of hydrogen-bond acceptors (Lipinski definition) is 3. The Bertz CT molecular complexity index is 148. The summed E-state index contributed by atoms with van der Waals surface area (Å²) >= 11 is 0. The molecule has 0 spiro atoms. The Morgan fingerprint density at radius 2 is 1.80 bits per heavy atom. The van der Waals surface area contributed by atoms with Crippen LogP contribution in [-0.4, -0.2) is 56.1 Å². The van der Waals surface area contributed by atoms with Crippen molar-refractivity contribution < 1.29 is 0 Å². The Morgan fingerprint density at radius 1 is 1.20 bits per heavy atom. The molecule has 0 aliphatic heterocycles. The molecule has 0 aromatic heterocycles. The predicted octanol–water partition coefficient (Wildman–Crippen LogP) is 1.24. The summed E-state index contributed by atoms with van der Waals surface area (Å²) in [5, 5.41) is 0. The lowest BCUT2D eigenvalue weighted by Gasteiger charge is -2.30. The van der Waals surface area contributed by atoms with E-state index in [1.54, 1.807) is 0 Å². The van der Waals surface area contributed by atoms with Crippen molar-refractivity contribution in [1.82, 2.24) is 9.80 Å². The van der Waals surface area contributed by atoms with Gasteiger partial charge in [0.2, 0.25) is 0 Å². The van der Waals surface area contributed by atoms with Crippen molar-refractivity contribution in [3.63, 3.8) is 0 Å². The fourth-order valence-electron chi connectivity index (χ4n) is 1.84. The molecule has 0 fully saturated rings. The van der Waals surface area contributed by atoms with Gasteiger partial charge >= 0.3 is 0 Å². The van der Waals surface area contributed by atoms with Gasteiger partial charge in [-0.05, 0) is 53.0 Å². The Kier molecular flexibility index (Phi) is 8.02. The normalized spacial score (nSPS) is 16.0. The van der Waals surface area contributed by atoms with Gasteiger partial charge in [0.05, 0.1) is 0 Å². The maximum absolute atomic E-state index is 5.63. The van der Waals surface area contributed by atoms with E-state index in [-0.39, 0.29) is 0 Å². The van der Waals surface area contributed by atoms with Crippen molar-refractivity contribution in [3.05, 3.63) is 0 Å². The average molecular weight is 215 g/mol. The van der Waals surface area contributed by atoms with Crippen LogP contribution in [0.4, 0.5) is 0 Å². The van der Waals surface area contributed by atoms with Gasteiger partial charge in [-0.3, -0.25) is 4.90 Å². The van der Waals surface area contributed by atoms with Crippen molar-refractivity contribution in [2.75, 3.05) is 40.3 Å². The Morgan fingerprint density at radius 3 is 2.20 bits per heavy atom. The molecule has 3 nitrogen and oxygen atoms in total. The smallest absolute Gasteiger partial charge is 0.0194 e. The molecule has 0 saturated heterocycles.